The molecular formula is C15H18N2O5. The van der Waals surface area contributed by atoms with Crippen molar-refractivity contribution in [3.05, 3.63) is 35.9 Å². The van der Waals surface area contributed by atoms with E-state index in [0.717, 1.165) is 5.56 Å². The highest BCUT2D eigenvalue weighted by Gasteiger charge is 2.64. The second-order valence-electron chi connectivity index (χ2n) is 5.31. The summed E-state index contributed by atoms with van der Waals surface area (Å²) < 4.78 is 0. The van der Waals surface area contributed by atoms with E-state index in [0.29, 0.717) is 13.0 Å². The zero-order chi connectivity index (χ0) is 16.2. The summed E-state index contributed by atoms with van der Waals surface area (Å²) in [6, 6.07) is 9.60. The molecule has 22 heavy (non-hydrogen) atoms. The van der Waals surface area contributed by atoms with Crippen molar-refractivity contribution < 1.29 is 24.6 Å². The van der Waals surface area contributed by atoms with Crippen LogP contribution in [0, 0.1) is 5.92 Å². The van der Waals surface area contributed by atoms with Crippen LogP contribution in [0.5, 0.6) is 0 Å². The number of carbonyl (C=O) groups excluding carboxylic acids is 1. The van der Waals surface area contributed by atoms with Crippen molar-refractivity contribution in [1.82, 2.24) is 10.6 Å². The first-order chi connectivity index (χ1) is 10.5. The molecule has 7 heteroatoms. The minimum Gasteiger partial charge on any atom is -0.480 e. The smallest absolute Gasteiger partial charge is 0.324 e. The number of carboxylic acids is 2. The molecule has 1 aliphatic rings. The first-order valence-electron chi connectivity index (χ1n) is 6.97. The fourth-order valence-electron chi connectivity index (χ4n) is 2.42. The number of carboxylic acid groups (broad SMARTS) is 2. The third-order valence-electron chi connectivity index (χ3n) is 3.77. The highest BCUT2D eigenvalue weighted by Crippen LogP contribution is 2.43. The second kappa shape index (κ2) is 6.57. The van der Waals surface area contributed by atoms with Crippen molar-refractivity contribution in [3.8, 4) is 0 Å². The summed E-state index contributed by atoms with van der Waals surface area (Å²) in [7, 11) is 0. The molecule has 1 aliphatic carbocycles. The second-order valence-corrected chi connectivity index (χ2v) is 5.31. The molecule has 0 bridgehead atoms. The SMILES string of the molecule is O=C(O)CNC1(C(=O)O)CC1C(=O)NCCc1ccccc1. The van der Waals surface area contributed by atoms with Crippen LogP contribution in [0.25, 0.3) is 0 Å². The lowest BCUT2D eigenvalue weighted by Crippen LogP contribution is -2.46. The standard InChI is InChI=1S/C15H18N2O5/c18-12(19)9-17-15(14(21)22)8-11(15)13(20)16-7-6-10-4-2-1-3-5-10/h1-5,11,17H,6-9H2,(H,16,20)(H,18,19)(H,21,22). The van der Waals surface area contributed by atoms with E-state index in [9.17, 15) is 19.5 Å². The predicted molar refractivity (Wildman–Crippen MR) is 77.3 cm³/mol. The van der Waals surface area contributed by atoms with E-state index in [1.807, 2.05) is 30.3 Å². The fourth-order valence-corrected chi connectivity index (χ4v) is 2.42. The lowest BCUT2D eigenvalue weighted by atomic mass is 10.1. The summed E-state index contributed by atoms with van der Waals surface area (Å²) in [4.78, 5) is 33.8. The van der Waals surface area contributed by atoms with Crippen molar-refractivity contribution in [2.75, 3.05) is 13.1 Å². The van der Waals surface area contributed by atoms with Crippen LogP contribution in [0.3, 0.4) is 0 Å². The maximum absolute atomic E-state index is 12.0. The maximum Gasteiger partial charge on any atom is 0.324 e. The maximum atomic E-state index is 12.0. The van der Waals surface area contributed by atoms with E-state index in [4.69, 9.17) is 5.11 Å². The molecule has 4 N–H and O–H groups in total. The van der Waals surface area contributed by atoms with Crippen LogP contribution in [0.4, 0.5) is 0 Å². The predicted octanol–water partition coefficient (Wildman–Crippen LogP) is -0.137. The molecule has 1 aromatic rings. The molecule has 7 nitrogen and oxygen atoms in total. The van der Waals surface area contributed by atoms with Crippen LogP contribution < -0.4 is 10.6 Å². The van der Waals surface area contributed by atoms with Crippen molar-refractivity contribution in [3.63, 3.8) is 0 Å². The van der Waals surface area contributed by atoms with Gasteiger partial charge in [-0.2, -0.15) is 0 Å². The Kier molecular flexibility index (Phi) is 4.77. The summed E-state index contributed by atoms with van der Waals surface area (Å²) >= 11 is 0. The average molecular weight is 306 g/mol. The Balaban J connectivity index is 1.83. The number of carbonyl (C=O) groups is 3. The Hall–Kier alpha value is -2.41. The highest BCUT2D eigenvalue weighted by atomic mass is 16.4. The lowest BCUT2D eigenvalue weighted by molar-refractivity contribution is -0.143. The molecule has 1 amide bonds. The van der Waals surface area contributed by atoms with Crippen LogP contribution in [-0.2, 0) is 20.8 Å². The normalized spacial score (nSPS) is 22.8. The number of benzene rings is 1. The molecule has 1 saturated carbocycles. The summed E-state index contributed by atoms with van der Waals surface area (Å²) in [6.45, 7) is -0.0753. The van der Waals surface area contributed by atoms with E-state index in [2.05, 4.69) is 10.6 Å². The highest BCUT2D eigenvalue weighted by molar-refractivity contribution is 5.96. The molecule has 0 heterocycles. The van der Waals surface area contributed by atoms with E-state index >= 15 is 0 Å². The Morgan fingerprint density at radius 1 is 1.18 bits per heavy atom. The van der Waals surface area contributed by atoms with Gasteiger partial charge in [0.15, 0.2) is 0 Å². The van der Waals surface area contributed by atoms with Gasteiger partial charge in [-0.25, -0.2) is 0 Å². The number of rotatable bonds is 8. The lowest BCUT2D eigenvalue weighted by Gasteiger charge is -2.13. The number of hydrogen-bond acceptors (Lipinski definition) is 4. The van der Waals surface area contributed by atoms with Crippen LogP contribution in [0.1, 0.15) is 12.0 Å². The van der Waals surface area contributed by atoms with Crippen molar-refractivity contribution in [2.24, 2.45) is 5.92 Å². The number of aliphatic carboxylic acids is 2. The Bertz CT molecular complexity index is 575. The topological polar surface area (TPSA) is 116 Å². The average Bonchev–Trinajstić information content (AvgIpc) is 3.22. The van der Waals surface area contributed by atoms with Gasteiger partial charge in [-0.1, -0.05) is 30.3 Å². The first kappa shape index (κ1) is 16.0. The fraction of sp³-hybridized carbons (Fsp3) is 0.400. The van der Waals surface area contributed by atoms with Gasteiger partial charge >= 0.3 is 11.9 Å². The Morgan fingerprint density at radius 2 is 1.86 bits per heavy atom. The van der Waals surface area contributed by atoms with Crippen LogP contribution in [0.15, 0.2) is 30.3 Å². The zero-order valence-electron chi connectivity index (χ0n) is 11.9. The van der Waals surface area contributed by atoms with E-state index in [1.165, 1.54) is 0 Å². The van der Waals surface area contributed by atoms with Crippen molar-refractivity contribution >= 4 is 17.8 Å². The number of nitrogens with one attached hydrogen (secondary N) is 2. The third-order valence-corrected chi connectivity index (χ3v) is 3.77. The van der Waals surface area contributed by atoms with Gasteiger partial charge < -0.3 is 15.5 Å². The largest absolute Gasteiger partial charge is 0.480 e. The molecule has 2 atom stereocenters. The number of amides is 1. The third kappa shape index (κ3) is 3.62. The number of hydrogen-bond donors (Lipinski definition) is 4. The molecular weight excluding hydrogens is 288 g/mol. The summed E-state index contributed by atoms with van der Waals surface area (Å²) in [5.41, 5.74) is -0.373. The molecule has 0 spiro atoms. The molecule has 0 radical (unpaired) electrons. The van der Waals surface area contributed by atoms with Gasteiger partial charge in [-0.05, 0) is 18.4 Å². The Morgan fingerprint density at radius 3 is 2.45 bits per heavy atom. The summed E-state index contributed by atoms with van der Waals surface area (Å²) in [6.07, 6.45) is 0.759. The van der Waals surface area contributed by atoms with Crippen molar-refractivity contribution in [2.45, 2.75) is 18.4 Å². The quantitative estimate of drug-likeness (QED) is 0.531. The van der Waals surface area contributed by atoms with Crippen molar-refractivity contribution in [1.29, 1.82) is 0 Å². The van der Waals surface area contributed by atoms with Gasteiger partial charge in [0.2, 0.25) is 5.91 Å². The molecule has 0 aromatic heterocycles. The van der Waals surface area contributed by atoms with Gasteiger partial charge in [-0.15, -0.1) is 0 Å². The minimum atomic E-state index is -1.45. The zero-order valence-corrected chi connectivity index (χ0v) is 11.9. The van der Waals surface area contributed by atoms with Gasteiger partial charge in [0, 0.05) is 6.54 Å². The molecule has 1 fully saturated rings. The van der Waals surface area contributed by atoms with E-state index in [-0.39, 0.29) is 12.3 Å². The van der Waals surface area contributed by atoms with Crippen LogP contribution >= 0.6 is 0 Å². The van der Waals surface area contributed by atoms with E-state index < -0.39 is 29.9 Å². The minimum absolute atomic E-state index is 0.104. The van der Waals surface area contributed by atoms with Gasteiger partial charge in [0.05, 0.1) is 12.5 Å². The molecule has 2 unspecified atom stereocenters. The van der Waals surface area contributed by atoms with Gasteiger partial charge in [0.25, 0.3) is 0 Å². The molecule has 2 rings (SSSR count). The van der Waals surface area contributed by atoms with Crippen LogP contribution in [0.2, 0.25) is 0 Å². The summed E-state index contributed by atoms with van der Waals surface area (Å²) in [5, 5.41) is 23.0. The Labute approximate surface area is 127 Å². The van der Waals surface area contributed by atoms with Crippen LogP contribution in [-0.4, -0.2) is 46.7 Å². The summed E-state index contributed by atoms with van der Waals surface area (Å²) in [5.74, 6) is -3.45. The monoisotopic (exact) mass is 306 g/mol. The molecule has 118 valence electrons. The first-order valence-corrected chi connectivity index (χ1v) is 6.97. The molecule has 0 saturated heterocycles. The van der Waals surface area contributed by atoms with Gasteiger partial charge in [-0.3, -0.25) is 19.7 Å². The molecule has 0 aliphatic heterocycles. The van der Waals surface area contributed by atoms with Gasteiger partial charge in [0.1, 0.15) is 5.54 Å². The molecule has 1 aromatic carbocycles. The van der Waals surface area contributed by atoms with E-state index in [1.54, 1.807) is 0 Å².